The van der Waals surface area contributed by atoms with Crippen molar-refractivity contribution >= 4 is 17.9 Å². The number of carboxylic acid groups (broad SMARTS) is 1. The zero-order chi connectivity index (χ0) is 37.8. The Bertz CT molecular complexity index is 1020. The number of unbranched alkanes of at least 4 members (excludes halogenated alkanes) is 10. The van der Waals surface area contributed by atoms with Crippen LogP contribution in [0.1, 0.15) is 142 Å². The van der Waals surface area contributed by atoms with E-state index in [-0.39, 0.29) is 49.1 Å². The summed E-state index contributed by atoms with van der Waals surface area (Å²) in [6.07, 6.45) is 39.7. The largest absolute Gasteiger partial charge is 0.544 e. The molecule has 8 nitrogen and oxygen atoms in total. The number of ether oxygens (including phenoxy) is 3. The molecular formula is C43H73NO7. The van der Waals surface area contributed by atoms with Crippen molar-refractivity contribution in [3.05, 3.63) is 60.8 Å². The highest BCUT2D eigenvalue weighted by atomic mass is 16.6. The van der Waals surface area contributed by atoms with E-state index in [0.29, 0.717) is 12.8 Å². The second kappa shape index (κ2) is 34.1. The van der Waals surface area contributed by atoms with Crippen LogP contribution in [-0.4, -0.2) is 75.5 Å². The highest BCUT2D eigenvalue weighted by molar-refractivity contribution is 5.70. The van der Waals surface area contributed by atoms with Crippen LogP contribution in [0.15, 0.2) is 60.8 Å². The lowest BCUT2D eigenvalue weighted by atomic mass is 10.1. The third kappa shape index (κ3) is 32.7. The number of allylic oxidation sites excluding steroid dienone is 10. The molecule has 0 bridgehead atoms. The number of esters is 2. The number of carbonyl (C=O) groups is 3. The van der Waals surface area contributed by atoms with Crippen LogP contribution < -0.4 is 5.11 Å². The normalized spacial score (nSPS) is 13.7. The molecule has 8 heteroatoms. The van der Waals surface area contributed by atoms with E-state index in [2.05, 4.69) is 74.6 Å². The molecule has 0 aliphatic heterocycles. The van der Waals surface area contributed by atoms with Crippen molar-refractivity contribution in [3.8, 4) is 0 Å². The molecule has 2 unspecified atom stereocenters. The van der Waals surface area contributed by atoms with Crippen molar-refractivity contribution in [3.63, 3.8) is 0 Å². The molecule has 0 heterocycles. The maximum atomic E-state index is 12.6. The van der Waals surface area contributed by atoms with Gasteiger partial charge in [-0.05, 0) is 51.4 Å². The van der Waals surface area contributed by atoms with Crippen molar-refractivity contribution in [1.82, 2.24) is 0 Å². The predicted octanol–water partition coefficient (Wildman–Crippen LogP) is 8.91. The molecule has 0 aromatic carbocycles. The summed E-state index contributed by atoms with van der Waals surface area (Å²) < 4.78 is 17.0. The second-order valence-corrected chi connectivity index (χ2v) is 14.1. The smallest absolute Gasteiger partial charge is 0.306 e. The van der Waals surface area contributed by atoms with Crippen molar-refractivity contribution < 1.29 is 38.2 Å². The summed E-state index contributed by atoms with van der Waals surface area (Å²) >= 11 is 0. The van der Waals surface area contributed by atoms with E-state index >= 15 is 0 Å². The molecule has 0 amide bonds. The van der Waals surface area contributed by atoms with Gasteiger partial charge in [0, 0.05) is 19.3 Å². The van der Waals surface area contributed by atoms with Gasteiger partial charge in [0.2, 0.25) is 0 Å². The highest BCUT2D eigenvalue weighted by Crippen LogP contribution is 2.13. The highest BCUT2D eigenvalue weighted by Gasteiger charge is 2.25. The molecule has 0 fully saturated rings. The SMILES string of the molecule is CC/C=C/C/C=C/C/C=C/C/C=C/C/C=C/CCCC(=O)OC(COCCC(C(=O)[O-])[N+](C)(C)C)COC(=O)CCCCCCCCCCCC. The summed E-state index contributed by atoms with van der Waals surface area (Å²) in [7, 11) is 5.37. The molecule has 0 saturated carbocycles. The maximum Gasteiger partial charge on any atom is 0.306 e. The lowest BCUT2D eigenvalue weighted by Crippen LogP contribution is -2.55. The summed E-state index contributed by atoms with van der Waals surface area (Å²) in [6.45, 7) is 4.45. The van der Waals surface area contributed by atoms with Gasteiger partial charge >= 0.3 is 11.9 Å². The van der Waals surface area contributed by atoms with Crippen LogP contribution in [0.2, 0.25) is 0 Å². The van der Waals surface area contributed by atoms with E-state index in [9.17, 15) is 19.5 Å². The van der Waals surface area contributed by atoms with Crippen LogP contribution in [0.3, 0.4) is 0 Å². The Hall–Kier alpha value is -2.97. The molecule has 292 valence electrons. The van der Waals surface area contributed by atoms with Crippen LogP contribution in [0.4, 0.5) is 0 Å². The van der Waals surface area contributed by atoms with Gasteiger partial charge < -0.3 is 28.6 Å². The number of hydrogen-bond acceptors (Lipinski definition) is 7. The van der Waals surface area contributed by atoms with Crippen LogP contribution in [0.5, 0.6) is 0 Å². The Morgan fingerprint density at radius 2 is 1.10 bits per heavy atom. The molecule has 0 rings (SSSR count). The third-order valence-electron chi connectivity index (χ3n) is 8.42. The second-order valence-electron chi connectivity index (χ2n) is 14.1. The molecule has 0 aliphatic carbocycles. The van der Waals surface area contributed by atoms with E-state index < -0.39 is 18.1 Å². The summed E-state index contributed by atoms with van der Waals surface area (Å²) in [4.78, 5) is 36.6. The minimum Gasteiger partial charge on any atom is -0.544 e. The summed E-state index contributed by atoms with van der Waals surface area (Å²) in [5, 5.41) is 11.6. The van der Waals surface area contributed by atoms with E-state index in [1.807, 2.05) is 0 Å². The topological polar surface area (TPSA) is 102 Å². The average Bonchev–Trinajstić information content (AvgIpc) is 3.08. The number of aliphatic carboxylic acids is 1. The number of carbonyl (C=O) groups excluding carboxylic acids is 3. The van der Waals surface area contributed by atoms with Crippen molar-refractivity contribution in [2.24, 2.45) is 0 Å². The van der Waals surface area contributed by atoms with Gasteiger partial charge in [-0.1, -0.05) is 132 Å². The van der Waals surface area contributed by atoms with E-state index in [1.165, 1.54) is 44.9 Å². The number of nitrogens with zero attached hydrogens (tertiary/aromatic N) is 1. The van der Waals surface area contributed by atoms with Crippen LogP contribution in [0, 0.1) is 0 Å². The fourth-order valence-corrected chi connectivity index (χ4v) is 5.34. The Morgan fingerprint density at radius 3 is 1.61 bits per heavy atom. The van der Waals surface area contributed by atoms with E-state index in [4.69, 9.17) is 14.2 Å². The minimum absolute atomic E-state index is 0.0168. The van der Waals surface area contributed by atoms with Gasteiger partial charge in [-0.25, -0.2) is 0 Å². The molecule has 0 radical (unpaired) electrons. The minimum atomic E-state index is -1.14. The fraction of sp³-hybridized carbons (Fsp3) is 0.698. The molecule has 0 spiro atoms. The monoisotopic (exact) mass is 716 g/mol. The lowest BCUT2D eigenvalue weighted by Gasteiger charge is -2.34. The first-order chi connectivity index (χ1) is 24.6. The van der Waals surface area contributed by atoms with Gasteiger partial charge in [-0.15, -0.1) is 0 Å². The molecule has 2 atom stereocenters. The van der Waals surface area contributed by atoms with Gasteiger partial charge in [0.15, 0.2) is 6.10 Å². The molecule has 0 N–H and O–H groups in total. The van der Waals surface area contributed by atoms with Crippen molar-refractivity contribution in [2.45, 2.75) is 154 Å². The molecule has 0 aliphatic rings. The van der Waals surface area contributed by atoms with Gasteiger partial charge in [0.05, 0.1) is 40.3 Å². The Labute approximate surface area is 311 Å². The van der Waals surface area contributed by atoms with Crippen molar-refractivity contribution in [1.29, 1.82) is 0 Å². The van der Waals surface area contributed by atoms with Crippen LogP contribution in [0.25, 0.3) is 0 Å². The Kier molecular flexibility index (Phi) is 32.1. The zero-order valence-corrected chi connectivity index (χ0v) is 33.0. The molecular weight excluding hydrogens is 642 g/mol. The quantitative estimate of drug-likeness (QED) is 0.0284. The predicted molar refractivity (Wildman–Crippen MR) is 208 cm³/mol. The first kappa shape index (κ1) is 48.0. The fourth-order valence-electron chi connectivity index (χ4n) is 5.34. The molecule has 0 aromatic heterocycles. The van der Waals surface area contributed by atoms with Gasteiger partial charge in [-0.2, -0.15) is 0 Å². The van der Waals surface area contributed by atoms with Gasteiger partial charge in [0.1, 0.15) is 12.6 Å². The van der Waals surface area contributed by atoms with E-state index in [0.717, 1.165) is 57.8 Å². The number of rotatable bonds is 34. The number of hydrogen-bond donors (Lipinski definition) is 0. The Morgan fingerprint density at radius 1 is 0.608 bits per heavy atom. The lowest BCUT2D eigenvalue weighted by molar-refractivity contribution is -0.889. The molecule has 0 aromatic rings. The van der Waals surface area contributed by atoms with Crippen LogP contribution in [-0.2, 0) is 28.6 Å². The number of quaternary nitrogens is 1. The third-order valence-corrected chi connectivity index (χ3v) is 8.42. The molecule has 0 saturated heterocycles. The summed E-state index contributed by atoms with van der Waals surface area (Å²) in [5.41, 5.74) is 0. The van der Waals surface area contributed by atoms with E-state index in [1.54, 1.807) is 21.1 Å². The standard InChI is InChI=1S/C43H73NO7/c1-6-8-10-12-14-16-18-19-20-21-22-23-24-26-28-30-32-34-42(46)51-39(37-49-36-35-40(43(47)48)44(3,4)5)38-50-41(45)33-31-29-27-25-17-15-13-11-9-7-2/h8,10,14,16,19-20,22-23,26,28,39-40H,6-7,9,11-13,15,17-18,21,24-25,27,29-38H2,1-5H3/b10-8+,16-14+,20-19+,23-22+,28-26+. The maximum absolute atomic E-state index is 12.6. The molecule has 51 heavy (non-hydrogen) atoms. The Balaban J connectivity index is 4.52. The first-order valence-electron chi connectivity index (χ1n) is 19.8. The number of carboxylic acids is 1. The van der Waals surface area contributed by atoms with Gasteiger partial charge in [0.25, 0.3) is 0 Å². The van der Waals surface area contributed by atoms with Gasteiger partial charge in [-0.3, -0.25) is 9.59 Å². The van der Waals surface area contributed by atoms with Crippen LogP contribution >= 0.6 is 0 Å². The number of likely N-dealkylation sites (N-methyl/N-ethyl adjacent to an activating group) is 1. The zero-order valence-electron chi connectivity index (χ0n) is 33.0. The summed E-state index contributed by atoms with van der Waals surface area (Å²) in [5.74, 6) is -1.82. The summed E-state index contributed by atoms with van der Waals surface area (Å²) in [6, 6.07) is -0.735. The van der Waals surface area contributed by atoms with Crippen molar-refractivity contribution in [2.75, 3.05) is 41.0 Å². The first-order valence-corrected chi connectivity index (χ1v) is 19.8. The average molecular weight is 716 g/mol.